The molecule has 0 spiro atoms. The van der Waals surface area contributed by atoms with E-state index in [1.165, 1.54) is 18.2 Å². The normalized spacial score (nSPS) is 8.81. The van der Waals surface area contributed by atoms with E-state index in [2.05, 4.69) is 0 Å². The zero-order valence-electron chi connectivity index (χ0n) is 10.9. The molecule has 0 unspecified atom stereocenters. The maximum absolute atomic E-state index is 10.3. The molecule has 21 heavy (non-hydrogen) atoms. The number of aromatic carboxylic acids is 2. The summed E-state index contributed by atoms with van der Waals surface area (Å²) in [6.07, 6.45) is 0. The Balaban J connectivity index is 0.000000390. The second-order valence-electron chi connectivity index (χ2n) is 3.56. The van der Waals surface area contributed by atoms with Crippen LogP contribution in [0, 0.1) is 0 Å². The smallest absolute Gasteiger partial charge is 0.545 e. The molecule has 0 amide bonds. The maximum Gasteiger partial charge on any atom is 2.00 e. The molecule has 0 aliphatic heterocycles. The molecule has 0 fully saturated rings. The predicted molar refractivity (Wildman–Crippen MR) is 75.8 cm³/mol. The van der Waals surface area contributed by atoms with Crippen molar-refractivity contribution in [1.82, 2.24) is 0 Å². The van der Waals surface area contributed by atoms with Gasteiger partial charge in [-0.15, -0.1) is 0 Å². The van der Waals surface area contributed by atoms with Crippen molar-refractivity contribution >= 4 is 61.7 Å². The van der Waals surface area contributed by atoms with Crippen LogP contribution >= 0.6 is 12.0 Å². The summed E-state index contributed by atoms with van der Waals surface area (Å²) in [5.74, 6) is -2.81. The minimum Gasteiger partial charge on any atom is -0.545 e. The summed E-state index contributed by atoms with van der Waals surface area (Å²) in [5, 5.41) is 20.5. The van der Waals surface area contributed by atoms with Gasteiger partial charge in [0.15, 0.2) is 0 Å². The van der Waals surface area contributed by atoms with Crippen LogP contribution < -0.4 is 10.2 Å². The van der Waals surface area contributed by atoms with Gasteiger partial charge in [0.2, 0.25) is 0 Å². The van der Waals surface area contributed by atoms with Gasteiger partial charge < -0.3 is 24.4 Å². The summed E-state index contributed by atoms with van der Waals surface area (Å²) in [5.41, 5.74) is -0.339. The molecule has 0 aliphatic rings. The van der Waals surface area contributed by atoms with E-state index in [1.807, 2.05) is 30.3 Å². The molecule has 0 atom stereocenters. The topological polar surface area (TPSA) is 100 Å². The largest absolute Gasteiger partial charge is 2.00 e. The molecule has 0 aliphatic carbocycles. The van der Waals surface area contributed by atoms with Crippen LogP contribution in [0.15, 0.2) is 59.5 Å². The number of carboxylic acid groups (broad SMARTS) is 2. The molecular formula is C14H10CaO5S. The first-order chi connectivity index (χ1) is 9.54. The van der Waals surface area contributed by atoms with Gasteiger partial charge in [-0.3, -0.25) is 0 Å². The molecule has 2 aromatic rings. The summed E-state index contributed by atoms with van der Waals surface area (Å²) in [6, 6.07) is 14.2. The zero-order valence-corrected chi connectivity index (χ0v) is 13.9. The Hall–Kier alpha value is -1.05. The van der Waals surface area contributed by atoms with Gasteiger partial charge in [-0.2, -0.15) is 0 Å². The first-order valence-electron chi connectivity index (χ1n) is 5.44. The van der Waals surface area contributed by atoms with Crippen LogP contribution in [0.4, 0.5) is 0 Å². The van der Waals surface area contributed by atoms with Gasteiger partial charge in [0.05, 0.1) is 11.9 Å². The predicted octanol–water partition coefficient (Wildman–Crippen LogP) is 0.284. The zero-order chi connectivity index (χ0) is 15.0. The van der Waals surface area contributed by atoms with E-state index >= 15 is 0 Å². The fraction of sp³-hybridized carbons (Fsp3) is 0. The van der Waals surface area contributed by atoms with Gasteiger partial charge in [-0.05, 0) is 29.3 Å². The number of rotatable bonds is 3. The van der Waals surface area contributed by atoms with Crippen molar-refractivity contribution in [2.75, 3.05) is 0 Å². The minimum absolute atomic E-state index is 0. The van der Waals surface area contributed by atoms with Gasteiger partial charge in [-0.25, -0.2) is 0 Å². The van der Waals surface area contributed by atoms with Crippen molar-refractivity contribution in [2.45, 2.75) is 4.90 Å². The first-order valence-corrected chi connectivity index (χ1v) is 6.21. The average Bonchev–Trinajstić information content (AvgIpc) is 2.49. The van der Waals surface area contributed by atoms with Crippen molar-refractivity contribution in [3.05, 3.63) is 65.7 Å². The van der Waals surface area contributed by atoms with Gasteiger partial charge in [0.25, 0.3) is 0 Å². The third-order valence-electron chi connectivity index (χ3n) is 2.18. The van der Waals surface area contributed by atoms with Crippen LogP contribution in [0.5, 0.6) is 0 Å². The molecule has 0 aromatic heterocycles. The Morgan fingerprint density at radius 3 is 1.67 bits per heavy atom. The molecule has 0 heterocycles. The molecule has 0 saturated carbocycles. The molecule has 7 heteroatoms. The summed E-state index contributed by atoms with van der Waals surface area (Å²) in [6.45, 7) is 0. The van der Waals surface area contributed by atoms with Crippen LogP contribution in [0.2, 0.25) is 0 Å². The van der Waals surface area contributed by atoms with Gasteiger partial charge in [0.1, 0.15) is 0 Å². The van der Waals surface area contributed by atoms with E-state index in [0.29, 0.717) is 0 Å². The van der Waals surface area contributed by atoms with Crippen molar-refractivity contribution in [3.8, 4) is 0 Å². The van der Waals surface area contributed by atoms with E-state index in [4.69, 9.17) is 4.55 Å². The molecule has 1 N–H and O–H groups in total. The van der Waals surface area contributed by atoms with Crippen molar-refractivity contribution in [3.63, 3.8) is 0 Å². The summed E-state index contributed by atoms with van der Waals surface area (Å²) < 4.78 is 8.45. The molecule has 5 nitrogen and oxygen atoms in total. The second-order valence-corrected chi connectivity index (χ2v) is 4.21. The van der Waals surface area contributed by atoms with Crippen LogP contribution in [0.1, 0.15) is 20.7 Å². The fourth-order valence-electron chi connectivity index (χ4n) is 1.25. The summed E-state index contributed by atoms with van der Waals surface area (Å²) in [7, 11) is 0. The first kappa shape index (κ1) is 19.9. The Labute approximate surface area is 155 Å². The van der Waals surface area contributed by atoms with Crippen molar-refractivity contribution in [2.24, 2.45) is 0 Å². The van der Waals surface area contributed by atoms with Gasteiger partial charge >= 0.3 is 37.7 Å². The van der Waals surface area contributed by atoms with Crippen LogP contribution in [-0.2, 0) is 0 Å². The SMILES string of the molecule is O=C([O-])c1cccc(C(=O)[O-])c1.OSc1ccccc1.[Ca+2]. The third kappa shape index (κ3) is 7.50. The number of benzene rings is 2. The van der Waals surface area contributed by atoms with Crippen LogP contribution in [-0.4, -0.2) is 54.2 Å². The van der Waals surface area contributed by atoms with Crippen molar-refractivity contribution in [1.29, 1.82) is 0 Å². The molecular weight excluding hydrogens is 320 g/mol. The van der Waals surface area contributed by atoms with Gasteiger partial charge in [0, 0.05) is 16.9 Å². The number of carboxylic acids is 2. The third-order valence-corrected chi connectivity index (χ3v) is 2.67. The summed E-state index contributed by atoms with van der Waals surface area (Å²) >= 11 is 0.769. The second kappa shape index (κ2) is 10.6. The number of hydrogen-bond acceptors (Lipinski definition) is 6. The van der Waals surface area contributed by atoms with E-state index in [0.717, 1.165) is 23.0 Å². The van der Waals surface area contributed by atoms with E-state index in [1.54, 1.807) is 0 Å². The summed E-state index contributed by atoms with van der Waals surface area (Å²) in [4.78, 5) is 21.4. The molecule has 0 saturated heterocycles. The minimum atomic E-state index is -1.40. The van der Waals surface area contributed by atoms with Crippen LogP contribution in [0.25, 0.3) is 0 Å². The molecule has 0 radical (unpaired) electrons. The molecule has 104 valence electrons. The molecule has 0 bridgehead atoms. The fourth-order valence-corrected chi connectivity index (χ4v) is 1.53. The quantitative estimate of drug-likeness (QED) is 0.641. The Kier molecular flexibility index (Phi) is 10.1. The Morgan fingerprint density at radius 2 is 1.33 bits per heavy atom. The van der Waals surface area contributed by atoms with E-state index < -0.39 is 11.9 Å². The maximum atomic E-state index is 10.3. The standard InChI is InChI=1S/C8H6O4.C6H6OS.Ca/c9-7(10)5-2-1-3-6(4-5)8(11)12;7-8-6-4-2-1-3-5-6;/h1-4H,(H,9,10)(H,11,12);1-5,7H;/q;;+2/p-2. The monoisotopic (exact) mass is 330 g/mol. The van der Waals surface area contributed by atoms with Crippen molar-refractivity contribution < 1.29 is 24.4 Å². The van der Waals surface area contributed by atoms with Crippen LogP contribution in [0.3, 0.4) is 0 Å². The van der Waals surface area contributed by atoms with E-state index in [9.17, 15) is 19.8 Å². The molecule has 2 aromatic carbocycles. The number of carbonyl (C=O) groups is 2. The van der Waals surface area contributed by atoms with E-state index in [-0.39, 0.29) is 48.9 Å². The average molecular weight is 330 g/mol. The van der Waals surface area contributed by atoms with Gasteiger partial charge in [-0.1, -0.05) is 36.4 Å². The Bertz CT molecular complexity index is 560. The molecule has 2 rings (SSSR count). The Morgan fingerprint density at radius 1 is 0.857 bits per heavy atom. The number of hydrogen-bond donors (Lipinski definition) is 1. The number of carbonyl (C=O) groups excluding carboxylic acids is 2.